The molecule has 0 saturated carbocycles. The van der Waals surface area contributed by atoms with E-state index in [9.17, 15) is 0 Å². The van der Waals surface area contributed by atoms with E-state index >= 15 is 0 Å². The molecular weight excluding hydrogens is 162 g/mol. The Morgan fingerprint density at radius 1 is 1.46 bits per heavy atom. The summed E-state index contributed by atoms with van der Waals surface area (Å²) in [6.07, 6.45) is 1.02. The molecule has 0 radical (unpaired) electrons. The molecule has 2 aliphatic rings. The van der Waals surface area contributed by atoms with Gasteiger partial charge in [0.25, 0.3) is 0 Å². The first-order chi connectivity index (χ1) is 6.09. The van der Waals surface area contributed by atoms with Crippen LogP contribution in [0.15, 0.2) is 16.3 Å². The van der Waals surface area contributed by atoms with Crippen molar-refractivity contribution < 1.29 is 0 Å². The molecule has 72 valence electrons. The van der Waals surface area contributed by atoms with E-state index in [2.05, 4.69) is 30.7 Å². The first kappa shape index (κ1) is 8.75. The van der Waals surface area contributed by atoms with Crippen LogP contribution in [0.25, 0.3) is 0 Å². The molecule has 0 aromatic carbocycles. The zero-order valence-corrected chi connectivity index (χ0v) is 8.54. The Morgan fingerprint density at radius 2 is 2.15 bits per heavy atom. The van der Waals surface area contributed by atoms with Crippen LogP contribution in [0.4, 0.5) is 0 Å². The van der Waals surface area contributed by atoms with Crippen molar-refractivity contribution in [2.45, 2.75) is 39.3 Å². The second kappa shape index (κ2) is 2.84. The quantitative estimate of drug-likeness (QED) is 0.605. The normalized spacial score (nSPS) is 33.5. The average molecular weight is 179 g/mol. The van der Waals surface area contributed by atoms with Crippen molar-refractivity contribution >= 4 is 5.84 Å². The predicted molar refractivity (Wildman–Crippen MR) is 54.6 cm³/mol. The lowest BCUT2D eigenvalue weighted by Crippen LogP contribution is -2.33. The first-order valence-corrected chi connectivity index (χ1v) is 4.86. The molecule has 1 fully saturated rings. The largest absolute Gasteiger partial charge is 0.332 e. The highest BCUT2D eigenvalue weighted by Gasteiger charge is 2.31. The minimum absolute atomic E-state index is 0.292. The third-order valence-corrected chi connectivity index (χ3v) is 3.05. The van der Waals surface area contributed by atoms with Crippen LogP contribution in [0, 0.1) is 0 Å². The van der Waals surface area contributed by atoms with Crippen LogP contribution in [-0.4, -0.2) is 29.4 Å². The summed E-state index contributed by atoms with van der Waals surface area (Å²) in [4.78, 5) is 6.83. The van der Waals surface area contributed by atoms with E-state index in [1.54, 1.807) is 0 Å². The van der Waals surface area contributed by atoms with E-state index in [1.165, 1.54) is 11.3 Å². The van der Waals surface area contributed by atoms with Crippen LogP contribution >= 0.6 is 0 Å². The highest BCUT2D eigenvalue weighted by atomic mass is 15.2. The van der Waals surface area contributed by atoms with Crippen molar-refractivity contribution in [3.8, 4) is 0 Å². The van der Waals surface area contributed by atoms with Crippen molar-refractivity contribution in [2.75, 3.05) is 6.54 Å². The summed E-state index contributed by atoms with van der Waals surface area (Å²) in [6, 6.07) is 0.636. The SMILES string of the molecule is CC1=N[C@@H](C)C(C)=C2C[C@@H](N)CN12. The Morgan fingerprint density at radius 3 is 2.85 bits per heavy atom. The molecule has 0 spiro atoms. The second-order valence-electron chi connectivity index (χ2n) is 4.06. The molecule has 13 heavy (non-hydrogen) atoms. The van der Waals surface area contributed by atoms with Gasteiger partial charge in [0.15, 0.2) is 0 Å². The minimum atomic E-state index is 0.292. The molecule has 2 heterocycles. The molecule has 3 heteroatoms. The fraction of sp³-hybridized carbons (Fsp3) is 0.700. The third kappa shape index (κ3) is 1.27. The van der Waals surface area contributed by atoms with Crippen LogP contribution in [0.3, 0.4) is 0 Å². The van der Waals surface area contributed by atoms with E-state index < -0.39 is 0 Å². The maximum absolute atomic E-state index is 5.93. The number of aliphatic imine (C=N–C) groups is 1. The third-order valence-electron chi connectivity index (χ3n) is 3.05. The molecule has 0 aromatic rings. The molecule has 3 nitrogen and oxygen atoms in total. The monoisotopic (exact) mass is 179 g/mol. The maximum Gasteiger partial charge on any atom is 0.101 e. The Hall–Kier alpha value is -0.830. The highest BCUT2D eigenvalue weighted by molar-refractivity contribution is 5.83. The molecule has 0 aromatic heterocycles. The van der Waals surface area contributed by atoms with E-state index in [0.717, 1.165) is 18.8 Å². The van der Waals surface area contributed by atoms with Crippen molar-refractivity contribution in [3.05, 3.63) is 11.3 Å². The van der Waals surface area contributed by atoms with Crippen LogP contribution in [0.5, 0.6) is 0 Å². The molecular formula is C10H17N3. The zero-order valence-electron chi connectivity index (χ0n) is 8.54. The number of rotatable bonds is 0. The standard InChI is InChI=1S/C10H17N3/c1-6-7(2)12-8(3)13-5-9(11)4-10(6)13/h7,9H,4-5,11H2,1-3H3/t7-,9+/m0/s1. The number of hydrogen-bond donors (Lipinski definition) is 1. The smallest absolute Gasteiger partial charge is 0.101 e. The minimum Gasteiger partial charge on any atom is -0.332 e. The van der Waals surface area contributed by atoms with Gasteiger partial charge in [-0.05, 0) is 26.3 Å². The van der Waals surface area contributed by atoms with Crippen molar-refractivity contribution in [1.29, 1.82) is 0 Å². The summed E-state index contributed by atoms with van der Waals surface area (Å²) in [6.45, 7) is 7.32. The van der Waals surface area contributed by atoms with Crippen LogP contribution < -0.4 is 5.73 Å². The van der Waals surface area contributed by atoms with Gasteiger partial charge >= 0.3 is 0 Å². The lowest BCUT2D eigenvalue weighted by atomic mass is 10.0. The molecule has 0 unspecified atom stereocenters. The molecule has 2 N–H and O–H groups in total. The average Bonchev–Trinajstić information content (AvgIpc) is 2.44. The van der Waals surface area contributed by atoms with Crippen molar-refractivity contribution in [2.24, 2.45) is 10.7 Å². The molecule has 2 aliphatic heterocycles. The second-order valence-corrected chi connectivity index (χ2v) is 4.06. The summed E-state index contributed by atoms with van der Waals surface area (Å²) in [5, 5.41) is 0. The summed E-state index contributed by atoms with van der Waals surface area (Å²) >= 11 is 0. The van der Waals surface area contributed by atoms with Crippen LogP contribution in [0.1, 0.15) is 27.2 Å². The van der Waals surface area contributed by atoms with E-state index in [1.807, 2.05) is 0 Å². The highest BCUT2D eigenvalue weighted by Crippen LogP contribution is 2.30. The summed E-state index contributed by atoms with van der Waals surface area (Å²) < 4.78 is 0. The number of amidine groups is 1. The Labute approximate surface area is 79.3 Å². The summed E-state index contributed by atoms with van der Waals surface area (Å²) in [5.41, 5.74) is 8.73. The zero-order chi connectivity index (χ0) is 9.59. The van der Waals surface area contributed by atoms with Gasteiger partial charge in [0.1, 0.15) is 5.84 Å². The number of hydrogen-bond acceptors (Lipinski definition) is 3. The number of nitrogens with two attached hydrogens (primary N) is 1. The van der Waals surface area contributed by atoms with E-state index in [0.29, 0.717) is 12.1 Å². The molecule has 2 atom stereocenters. The van der Waals surface area contributed by atoms with Crippen LogP contribution in [0.2, 0.25) is 0 Å². The molecule has 1 saturated heterocycles. The van der Waals surface area contributed by atoms with E-state index in [4.69, 9.17) is 5.73 Å². The van der Waals surface area contributed by atoms with Crippen molar-refractivity contribution in [3.63, 3.8) is 0 Å². The molecule has 0 amide bonds. The van der Waals surface area contributed by atoms with Gasteiger partial charge < -0.3 is 10.6 Å². The van der Waals surface area contributed by atoms with Gasteiger partial charge in [0.2, 0.25) is 0 Å². The Balaban J connectivity index is 2.37. The summed E-state index contributed by atoms with van der Waals surface area (Å²) in [5.74, 6) is 1.13. The fourth-order valence-electron chi connectivity index (χ4n) is 2.16. The van der Waals surface area contributed by atoms with Gasteiger partial charge in [-0.15, -0.1) is 0 Å². The number of nitrogens with zero attached hydrogens (tertiary/aromatic N) is 2. The Kier molecular flexibility index (Phi) is 1.91. The predicted octanol–water partition coefficient (Wildman–Crippen LogP) is 1.11. The number of fused-ring (bicyclic) bond motifs is 1. The molecule has 0 bridgehead atoms. The lowest BCUT2D eigenvalue weighted by Gasteiger charge is -2.28. The molecule has 0 aliphatic carbocycles. The first-order valence-electron chi connectivity index (χ1n) is 4.86. The van der Waals surface area contributed by atoms with Gasteiger partial charge in [-0.2, -0.15) is 0 Å². The van der Waals surface area contributed by atoms with Gasteiger partial charge in [-0.3, -0.25) is 4.99 Å². The van der Waals surface area contributed by atoms with Gasteiger partial charge in [0.05, 0.1) is 6.04 Å². The van der Waals surface area contributed by atoms with Gasteiger partial charge in [-0.25, -0.2) is 0 Å². The lowest BCUT2D eigenvalue weighted by molar-refractivity contribution is 0.530. The van der Waals surface area contributed by atoms with Crippen molar-refractivity contribution in [1.82, 2.24) is 4.90 Å². The fourth-order valence-corrected chi connectivity index (χ4v) is 2.16. The molecule has 2 rings (SSSR count). The van der Waals surface area contributed by atoms with Gasteiger partial charge in [-0.1, -0.05) is 0 Å². The van der Waals surface area contributed by atoms with Crippen LogP contribution in [-0.2, 0) is 0 Å². The van der Waals surface area contributed by atoms with E-state index in [-0.39, 0.29) is 0 Å². The topological polar surface area (TPSA) is 41.6 Å². The summed E-state index contributed by atoms with van der Waals surface area (Å²) in [7, 11) is 0. The Bertz CT molecular complexity index is 291. The maximum atomic E-state index is 5.93. The van der Waals surface area contributed by atoms with Gasteiger partial charge in [0, 0.05) is 24.7 Å².